The van der Waals surface area contributed by atoms with Crippen LogP contribution in [0.1, 0.15) is 32.7 Å². The minimum absolute atomic E-state index is 0.0150. The lowest BCUT2D eigenvalue weighted by atomic mass is 9.99. The summed E-state index contributed by atoms with van der Waals surface area (Å²) in [6.07, 6.45) is 2.48. The highest BCUT2D eigenvalue weighted by Gasteiger charge is 2.25. The molecule has 2 aliphatic heterocycles. The number of esters is 1. The Morgan fingerprint density at radius 2 is 1.97 bits per heavy atom. The highest BCUT2D eigenvalue weighted by Crippen LogP contribution is 2.40. The molecular formula is C20H18ClNO7S. The molecule has 30 heavy (non-hydrogen) atoms. The van der Waals surface area contributed by atoms with E-state index in [-0.39, 0.29) is 17.4 Å². The van der Waals surface area contributed by atoms with Crippen LogP contribution < -0.4 is 13.8 Å². The van der Waals surface area contributed by atoms with E-state index in [9.17, 15) is 18.0 Å². The molecule has 0 radical (unpaired) electrons. The summed E-state index contributed by atoms with van der Waals surface area (Å²) in [5.74, 6) is -0.411. The smallest absolute Gasteiger partial charge is 0.338 e. The van der Waals surface area contributed by atoms with E-state index in [4.69, 9.17) is 25.8 Å². The van der Waals surface area contributed by atoms with Crippen molar-refractivity contribution in [3.63, 3.8) is 0 Å². The second-order valence-electron chi connectivity index (χ2n) is 6.97. The zero-order chi connectivity index (χ0) is 21.5. The van der Waals surface area contributed by atoms with Crippen molar-refractivity contribution in [2.24, 2.45) is 0 Å². The van der Waals surface area contributed by atoms with Gasteiger partial charge in [0.25, 0.3) is 0 Å². The van der Waals surface area contributed by atoms with E-state index >= 15 is 0 Å². The number of sulfonamides is 1. The number of carbonyl (C=O) groups is 2. The number of hydrogen-bond acceptors (Lipinski definition) is 7. The largest absolute Gasteiger partial charge is 0.454 e. The van der Waals surface area contributed by atoms with Crippen LogP contribution in [0.25, 0.3) is 0 Å². The predicted molar refractivity (Wildman–Crippen MR) is 109 cm³/mol. The first kappa shape index (κ1) is 20.5. The van der Waals surface area contributed by atoms with Crippen LogP contribution in [-0.2, 0) is 21.2 Å². The third-order valence-corrected chi connectivity index (χ3v) is 6.34. The summed E-state index contributed by atoms with van der Waals surface area (Å²) in [5.41, 5.74) is 1.84. The first-order chi connectivity index (χ1) is 14.2. The minimum atomic E-state index is -3.38. The summed E-state index contributed by atoms with van der Waals surface area (Å²) < 4.78 is 40.8. The monoisotopic (exact) mass is 451 g/mol. The van der Waals surface area contributed by atoms with Crippen molar-refractivity contribution in [1.82, 2.24) is 0 Å². The number of ketones is 1. The Hall–Kier alpha value is -2.78. The van der Waals surface area contributed by atoms with Gasteiger partial charge in [-0.25, -0.2) is 13.2 Å². The summed E-state index contributed by atoms with van der Waals surface area (Å²) >= 11 is 6.06. The molecule has 2 aromatic carbocycles. The maximum Gasteiger partial charge on any atom is 0.338 e. The number of carbonyl (C=O) groups excluding carboxylic acids is 2. The maximum atomic E-state index is 12.5. The predicted octanol–water partition coefficient (Wildman–Crippen LogP) is 2.82. The van der Waals surface area contributed by atoms with Crippen LogP contribution in [0.4, 0.5) is 5.69 Å². The molecule has 2 heterocycles. The molecule has 158 valence electrons. The Kier molecular flexibility index (Phi) is 5.33. The molecule has 2 aromatic rings. The first-order valence-electron chi connectivity index (χ1n) is 9.14. The molecule has 0 saturated heterocycles. The van der Waals surface area contributed by atoms with Crippen molar-refractivity contribution < 1.29 is 32.2 Å². The average molecular weight is 452 g/mol. The molecule has 0 fully saturated rings. The summed E-state index contributed by atoms with van der Waals surface area (Å²) in [5, 5.41) is 0.216. The van der Waals surface area contributed by atoms with Gasteiger partial charge in [-0.15, -0.1) is 0 Å². The van der Waals surface area contributed by atoms with E-state index in [2.05, 4.69) is 0 Å². The van der Waals surface area contributed by atoms with Crippen LogP contribution in [0.3, 0.4) is 0 Å². The number of hydrogen-bond donors (Lipinski definition) is 0. The van der Waals surface area contributed by atoms with Gasteiger partial charge >= 0.3 is 5.97 Å². The topological polar surface area (TPSA) is 99.2 Å². The lowest BCUT2D eigenvalue weighted by Gasteiger charge is -2.29. The van der Waals surface area contributed by atoms with Crippen molar-refractivity contribution >= 4 is 39.1 Å². The Balaban J connectivity index is 1.46. The van der Waals surface area contributed by atoms with Crippen LogP contribution >= 0.6 is 11.6 Å². The first-order valence-corrected chi connectivity index (χ1v) is 11.4. The van der Waals surface area contributed by atoms with Crippen molar-refractivity contribution in [3.8, 4) is 11.5 Å². The van der Waals surface area contributed by atoms with E-state index in [1.165, 1.54) is 22.5 Å². The maximum absolute atomic E-state index is 12.5. The molecule has 8 nitrogen and oxygen atoms in total. The number of rotatable bonds is 5. The van der Waals surface area contributed by atoms with Gasteiger partial charge < -0.3 is 14.2 Å². The highest BCUT2D eigenvalue weighted by molar-refractivity contribution is 7.92. The molecule has 0 N–H and O–H groups in total. The van der Waals surface area contributed by atoms with Crippen molar-refractivity contribution in [1.29, 1.82) is 0 Å². The standard InChI is InChI=1S/C20H18ClNO7S/c1-30(25,26)22-6-2-3-12-7-13(4-5-16(12)22)17(23)10-27-20(24)14-8-15(21)19-18(9-14)28-11-29-19/h4-5,7-9H,2-3,6,10-11H2,1H3. The Morgan fingerprint density at radius 3 is 2.73 bits per heavy atom. The average Bonchev–Trinajstić information content (AvgIpc) is 3.19. The van der Waals surface area contributed by atoms with Gasteiger partial charge in [-0.3, -0.25) is 9.10 Å². The third-order valence-electron chi connectivity index (χ3n) is 4.88. The fraction of sp³-hybridized carbons (Fsp3) is 0.300. The number of ether oxygens (including phenoxy) is 3. The molecule has 0 atom stereocenters. The Morgan fingerprint density at radius 1 is 1.17 bits per heavy atom. The number of Topliss-reactive ketones (excluding diaryl/α,β-unsaturated/α-hetero) is 1. The molecule has 0 amide bonds. The van der Waals surface area contributed by atoms with Crippen LogP contribution in [-0.4, -0.2) is 46.4 Å². The normalized spacial score (nSPS) is 14.9. The van der Waals surface area contributed by atoms with Gasteiger partial charge in [0.2, 0.25) is 16.8 Å². The van der Waals surface area contributed by atoms with Gasteiger partial charge in [0.1, 0.15) is 0 Å². The fourth-order valence-corrected chi connectivity index (χ4v) is 4.72. The fourth-order valence-electron chi connectivity index (χ4n) is 3.46. The molecule has 2 aliphatic rings. The summed E-state index contributed by atoms with van der Waals surface area (Å²) in [6.45, 7) is -0.0323. The quantitative estimate of drug-likeness (QED) is 0.509. The summed E-state index contributed by atoms with van der Waals surface area (Å²) in [6, 6.07) is 7.64. The molecular weight excluding hydrogens is 434 g/mol. The van der Waals surface area contributed by atoms with Crippen LogP contribution in [0, 0.1) is 0 Å². The van der Waals surface area contributed by atoms with E-state index in [0.717, 1.165) is 11.8 Å². The summed E-state index contributed by atoms with van der Waals surface area (Å²) in [7, 11) is -3.38. The van der Waals surface area contributed by atoms with E-state index < -0.39 is 28.4 Å². The van der Waals surface area contributed by atoms with Gasteiger partial charge in [0.05, 0.1) is 22.5 Å². The van der Waals surface area contributed by atoms with Crippen molar-refractivity contribution in [2.75, 3.05) is 30.5 Å². The molecule has 10 heteroatoms. The second kappa shape index (κ2) is 7.81. The van der Waals surface area contributed by atoms with Crippen molar-refractivity contribution in [2.45, 2.75) is 12.8 Å². The van der Waals surface area contributed by atoms with E-state index in [1.54, 1.807) is 12.1 Å². The lowest BCUT2D eigenvalue weighted by molar-refractivity contribution is 0.0474. The SMILES string of the molecule is CS(=O)(=O)N1CCCc2cc(C(=O)COC(=O)c3cc(Cl)c4c(c3)OCO4)ccc21. The number of aryl methyl sites for hydroxylation is 1. The molecule has 0 unspecified atom stereocenters. The zero-order valence-electron chi connectivity index (χ0n) is 16.0. The van der Waals surface area contributed by atoms with Gasteiger partial charge in [-0.2, -0.15) is 0 Å². The Bertz CT molecular complexity index is 1150. The highest BCUT2D eigenvalue weighted by atomic mass is 35.5. The van der Waals surface area contributed by atoms with E-state index in [0.29, 0.717) is 42.1 Å². The number of halogens is 1. The molecule has 0 aromatic heterocycles. The molecule has 0 bridgehead atoms. The Labute approximate surface area is 178 Å². The van der Waals surface area contributed by atoms with Gasteiger partial charge in [-0.1, -0.05) is 11.6 Å². The number of anilines is 1. The molecule has 0 saturated carbocycles. The molecule has 0 spiro atoms. The minimum Gasteiger partial charge on any atom is -0.454 e. The summed E-state index contributed by atoms with van der Waals surface area (Å²) in [4.78, 5) is 24.8. The second-order valence-corrected chi connectivity index (χ2v) is 9.29. The molecule has 0 aliphatic carbocycles. The van der Waals surface area contributed by atoms with Crippen LogP contribution in [0.15, 0.2) is 30.3 Å². The van der Waals surface area contributed by atoms with Gasteiger partial charge in [-0.05, 0) is 48.7 Å². The van der Waals surface area contributed by atoms with E-state index in [1.807, 2.05) is 0 Å². The van der Waals surface area contributed by atoms with Crippen LogP contribution in [0.5, 0.6) is 11.5 Å². The number of benzene rings is 2. The molecule has 4 rings (SSSR count). The zero-order valence-corrected chi connectivity index (χ0v) is 17.6. The number of nitrogens with zero attached hydrogens (tertiary/aromatic N) is 1. The van der Waals surface area contributed by atoms with Gasteiger partial charge in [0.15, 0.2) is 23.9 Å². The van der Waals surface area contributed by atoms with Gasteiger partial charge in [0, 0.05) is 12.1 Å². The third kappa shape index (κ3) is 3.95. The lowest BCUT2D eigenvalue weighted by Crippen LogP contribution is -2.34. The van der Waals surface area contributed by atoms with Crippen molar-refractivity contribution in [3.05, 3.63) is 52.0 Å². The number of fused-ring (bicyclic) bond motifs is 2. The van der Waals surface area contributed by atoms with Crippen LogP contribution in [0.2, 0.25) is 5.02 Å².